The minimum absolute atomic E-state index is 0.0626. The lowest BCUT2D eigenvalue weighted by molar-refractivity contribution is -0.154. The van der Waals surface area contributed by atoms with Crippen LogP contribution in [0.1, 0.15) is 39.0 Å². The Kier molecular flexibility index (Phi) is 4.38. The van der Waals surface area contributed by atoms with E-state index in [1.807, 2.05) is 0 Å². The summed E-state index contributed by atoms with van der Waals surface area (Å²) in [4.78, 5) is 11.9. The topological polar surface area (TPSA) is 50.1 Å². The van der Waals surface area contributed by atoms with E-state index in [1.54, 1.807) is 6.92 Å². The van der Waals surface area contributed by atoms with Crippen molar-refractivity contribution in [2.24, 2.45) is 11.3 Å². The van der Waals surface area contributed by atoms with Gasteiger partial charge < -0.3 is 4.74 Å². The van der Waals surface area contributed by atoms with Crippen LogP contribution >= 0.6 is 0 Å². The van der Waals surface area contributed by atoms with Crippen molar-refractivity contribution in [3.8, 4) is 18.4 Å². The molecule has 0 spiro atoms. The van der Waals surface area contributed by atoms with Crippen LogP contribution in [-0.2, 0) is 9.53 Å². The molecule has 1 atom stereocenters. The molecule has 0 radical (unpaired) electrons. The number of ether oxygens (including phenoxy) is 1. The zero-order valence-electron chi connectivity index (χ0n) is 9.66. The number of carbonyl (C=O) groups excluding carboxylic acids is 1. The highest BCUT2D eigenvalue weighted by Gasteiger charge is 2.47. The molecule has 0 saturated heterocycles. The second-order valence-electron chi connectivity index (χ2n) is 4.17. The van der Waals surface area contributed by atoms with E-state index in [-0.39, 0.29) is 12.3 Å². The van der Waals surface area contributed by atoms with Gasteiger partial charge in [-0.25, -0.2) is 0 Å². The summed E-state index contributed by atoms with van der Waals surface area (Å²) in [5, 5.41) is 9.32. The largest absolute Gasteiger partial charge is 0.465 e. The standard InChI is InChI=1S/C13H17NO2/c1-3-9-13(10-14,12(15)16-4-2)11-7-5-6-8-11/h1,11H,4-9H2,2H3. The molecule has 0 aromatic carbocycles. The second kappa shape index (κ2) is 5.56. The van der Waals surface area contributed by atoms with Crippen molar-refractivity contribution >= 4 is 5.97 Å². The Morgan fingerprint density at radius 2 is 2.19 bits per heavy atom. The minimum Gasteiger partial charge on any atom is -0.465 e. The molecule has 3 nitrogen and oxygen atoms in total. The van der Waals surface area contributed by atoms with Gasteiger partial charge in [-0.05, 0) is 25.7 Å². The zero-order chi connectivity index (χ0) is 12.0. The second-order valence-corrected chi connectivity index (χ2v) is 4.17. The van der Waals surface area contributed by atoms with E-state index in [0.29, 0.717) is 6.61 Å². The lowest BCUT2D eigenvalue weighted by Gasteiger charge is -2.28. The molecule has 0 aromatic heterocycles. The summed E-state index contributed by atoms with van der Waals surface area (Å²) in [5.41, 5.74) is -1.11. The van der Waals surface area contributed by atoms with Crippen LogP contribution in [-0.4, -0.2) is 12.6 Å². The molecule has 1 aliphatic rings. The summed E-state index contributed by atoms with van der Waals surface area (Å²) in [5.74, 6) is 2.07. The maximum absolute atomic E-state index is 11.9. The monoisotopic (exact) mass is 219 g/mol. The molecular weight excluding hydrogens is 202 g/mol. The van der Waals surface area contributed by atoms with Gasteiger partial charge in [-0.1, -0.05) is 12.8 Å². The molecule has 1 aliphatic carbocycles. The van der Waals surface area contributed by atoms with Gasteiger partial charge in [0.15, 0.2) is 5.41 Å². The van der Waals surface area contributed by atoms with Crippen LogP contribution in [0.5, 0.6) is 0 Å². The molecule has 16 heavy (non-hydrogen) atoms. The third-order valence-corrected chi connectivity index (χ3v) is 3.27. The highest BCUT2D eigenvalue weighted by atomic mass is 16.5. The van der Waals surface area contributed by atoms with Crippen molar-refractivity contribution in [2.45, 2.75) is 39.0 Å². The number of esters is 1. The Labute approximate surface area is 96.8 Å². The number of rotatable bonds is 4. The van der Waals surface area contributed by atoms with Crippen LogP contribution < -0.4 is 0 Å². The molecular formula is C13H17NO2. The van der Waals surface area contributed by atoms with Gasteiger partial charge in [-0.15, -0.1) is 12.3 Å². The van der Waals surface area contributed by atoms with E-state index in [4.69, 9.17) is 11.2 Å². The van der Waals surface area contributed by atoms with Crippen molar-refractivity contribution in [2.75, 3.05) is 6.61 Å². The molecule has 0 bridgehead atoms. The quantitative estimate of drug-likeness (QED) is 0.538. The summed E-state index contributed by atoms with van der Waals surface area (Å²) < 4.78 is 5.01. The summed E-state index contributed by atoms with van der Waals surface area (Å²) in [6.45, 7) is 2.03. The van der Waals surface area contributed by atoms with E-state index in [9.17, 15) is 10.1 Å². The van der Waals surface area contributed by atoms with Crippen molar-refractivity contribution in [1.82, 2.24) is 0 Å². The predicted molar refractivity (Wildman–Crippen MR) is 60.1 cm³/mol. The number of terminal acetylenes is 1. The van der Waals surface area contributed by atoms with E-state index in [1.165, 1.54) is 0 Å². The lowest BCUT2D eigenvalue weighted by Crippen LogP contribution is -2.37. The van der Waals surface area contributed by atoms with Gasteiger partial charge in [-0.3, -0.25) is 4.79 Å². The van der Waals surface area contributed by atoms with Crippen LogP contribution in [0, 0.1) is 35.0 Å². The van der Waals surface area contributed by atoms with Crippen LogP contribution in [0.15, 0.2) is 0 Å². The van der Waals surface area contributed by atoms with Gasteiger partial charge in [-0.2, -0.15) is 5.26 Å². The molecule has 0 heterocycles. The number of carbonyl (C=O) groups is 1. The average Bonchev–Trinajstić information content (AvgIpc) is 2.80. The van der Waals surface area contributed by atoms with Gasteiger partial charge >= 0.3 is 5.97 Å². The van der Waals surface area contributed by atoms with Crippen molar-refractivity contribution < 1.29 is 9.53 Å². The summed E-state index contributed by atoms with van der Waals surface area (Å²) in [7, 11) is 0. The summed E-state index contributed by atoms with van der Waals surface area (Å²) in [6.07, 6.45) is 9.37. The Bertz CT molecular complexity index is 331. The normalized spacial score (nSPS) is 19.4. The van der Waals surface area contributed by atoms with Crippen LogP contribution in [0.25, 0.3) is 0 Å². The third-order valence-electron chi connectivity index (χ3n) is 3.27. The Morgan fingerprint density at radius 3 is 2.62 bits per heavy atom. The fraction of sp³-hybridized carbons (Fsp3) is 0.692. The first kappa shape index (κ1) is 12.6. The maximum Gasteiger partial charge on any atom is 0.327 e. The fourth-order valence-electron chi connectivity index (χ4n) is 2.40. The Balaban J connectivity index is 2.95. The van der Waals surface area contributed by atoms with E-state index in [2.05, 4.69) is 12.0 Å². The van der Waals surface area contributed by atoms with Gasteiger partial charge in [0.2, 0.25) is 0 Å². The fourth-order valence-corrected chi connectivity index (χ4v) is 2.40. The highest BCUT2D eigenvalue weighted by molar-refractivity contribution is 5.81. The Morgan fingerprint density at radius 1 is 1.56 bits per heavy atom. The molecule has 0 aromatic rings. The molecule has 0 N–H and O–H groups in total. The first-order valence-electron chi connectivity index (χ1n) is 5.73. The van der Waals surface area contributed by atoms with E-state index >= 15 is 0 Å². The van der Waals surface area contributed by atoms with Crippen LogP contribution in [0.2, 0.25) is 0 Å². The lowest BCUT2D eigenvalue weighted by atomic mass is 9.73. The SMILES string of the molecule is C#CCC(C#N)(C(=O)OCC)C1CCCC1. The number of nitriles is 1. The summed E-state index contributed by atoms with van der Waals surface area (Å²) in [6, 6.07) is 2.13. The number of hydrogen-bond donors (Lipinski definition) is 0. The third kappa shape index (κ3) is 2.19. The molecule has 1 fully saturated rings. The van der Waals surface area contributed by atoms with Crippen molar-refractivity contribution in [3.05, 3.63) is 0 Å². The minimum atomic E-state index is -1.11. The smallest absolute Gasteiger partial charge is 0.327 e. The molecule has 1 rings (SSSR count). The molecule has 0 aliphatic heterocycles. The molecule has 86 valence electrons. The Hall–Kier alpha value is -1.48. The van der Waals surface area contributed by atoms with Gasteiger partial charge in [0.1, 0.15) is 0 Å². The van der Waals surface area contributed by atoms with Crippen molar-refractivity contribution in [3.63, 3.8) is 0 Å². The van der Waals surface area contributed by atoms with Gasteiger partial charge in [0, 0.05) is 6.42 Å². The molecule has 3 heteroatoms. The van der Waals surface area contributed by atoms with Gasteiger partial charge in [0.25, 0.3) is 0 Å². The van der Waals surface area contributed by atoms with Crippen molar-refractivity contribution in [1.29, 1.82) is 5.26 Å². The molecule has 0 amide bonds. The van der Waals surface area contributed by atoms with Crippen LogP contribution in [0.4, 0.5) is 0 Å². The van der Waals surface area contributed by atoms with Gasteiger partial charge in [0.05, 0.1) is 12.7 Å². The first-order chi connectivity index (χ1) is 7.71. The first-order valence-corrected chi connectivity index (χ1v) is 5.73. The predicted octanol–water partition coefficient (Wildman–Crippen LogP) is 2.27. The highest BCUT2D eigenvalue weighted by Crippen LogP contribution is 2.42. The van der Waals surface area contributed by atoms with E-state index in [0.717, 1.165) is 25.7 Å². The van der Waals surface area contributed by atoms with Crippen LogP contribution in [0.3, 0.4) is 0 Å². The van der Waals surface area contributed by atoms with E-state index < -0.39 is 11.4 Å². The number of nitrogens with zero attached hydrogens (tertiary/aromatic N) is 1. The maximum atomic E-state index is 11.9. The zero-order valence-corrected chi connectivity index (χ0v) is 9.66. The number of hydrogen-bond acceptors (Lipinski definition) is 3. The molecule has 1 saturated carbocycles. The average molecular weight is 219 g/mol. The molecule has 1 unspecified atom stereocenters. The summed E-state index contributed by atoms with van der Waals surface area (Å²) >= 11 is 0.